The van der Waals surface area contributed by atoms with E-state index in [1.165, 1.54) is 43.9 Å². The summed E-state index contributed by atoms with van der Waals surface area (Å²) >= 11 is 0. The first-order valence-electron chi connectivity index (χ1n) is 7.63. The molecule has 0 radical (unpaired) electrons. The monoisotopic (exact) mass is 262 g/mol. The molecule has 1 fully saturated rings. The molecule has 1 N–H and O–H groups in total. The Morgan fingerprint density at radius 3 is 2.63 bits per heavy atom. The van der Waals surface area contributed by atoms with Gasteiger partial charge >= 0.3 is 0 Å². The highest BCUT2D eigenvalue weighted by Gasteiger charge is 2.28. The van der Waals surface area contributed by atoms with Crippen molar-refractivity contribution in [1.29, 1.82) is 0 Å². The van der Waals surface area contributed by atoms with Crippen LogP contribution in [0.4, 0.5) is 0 Å². The minimum absolute atomic E-state index is 0.502. The number of piperidine rings is 1. The van der Waals surface area contributed by atoms with E-state index in [1.807, 2.05) is 0 Å². The van der Waals surface area contributed by atoms with Gasteiger partial charge in [-0.2, -0.15) is 0 Å². The summed E-state index contributed by atoms with van der Waals surface area (Å²) in [7, 11) is 2.23. The Bertz CT molecular complexity index is 429. The number of rotatable bonds is 2. The number of likely N-dealkylation sites (tertiary alicyclic amines) is 1. The molecule has 4 nitrogen and oxygen atoms in total. The molecule has 0 amide bonds. The molecular weight excluding hydrogens is 236 g/mol. The third-order valence-electron chi connectivity index (χ3n) is 4.64. The van der Waals surface area contributed by atoms with E-state index in [0.29, 0.717) is 5.92 Å². The van der Waals surface area contributed by atoms with Crippen LogP contribution in [0.3, 0.4) is 0 Å². The second-order valence-electron chi connectivity index (χ2n) is 6.46. The lowest BCUT2D eigenvalue weighted by Gasteiger charge is -2.38. The maximum Gasteiger partial charge on any atom is 0.109 e. The Morgan fingerprint density at radius 1 is 1.21 bits per heavy atom. The summed E-state index contributed by atoms with van der Waals surface area (Å²) in [5.74, 6) is 1.66. The molecule has 0 aliphatic carbocycles. The first kappa shape index (κ1) is 13.1. The van der Waals surface area contributed by atoms with Gasteiger partial charge < -0.3 is 9.88 Å². The quantitative estimate of drug-likeness (QED) is 0.885. The number of H-pyrrole nitrogens is 1. The van der Waals surface area contributed by atoms with Crippen molar-refractivity contribution in [2.75, 3.05) is 26.7 Å². The Hall–Kier alpha value is -0.870. The molecule has 0 unspecified atom stereocenters. The normalized spacial score (nSPS) is 22.9. The predicted molar refractivity (Wildman–Crippen MR) is 77.3 cm³/mol. The Labute approximate surface area is 116 Å². The Balaban J connectivity index is 1.68. The minimum Gasteiger partial charge on any atom is -0.345 e. The summed E-state index contributed by atoms with van der Waals surface area (Å²) in [6.07, 6.45) is 3.77. The van der Waals surface area contributed by atoms with Gasteiger partial charge in [-0.05, 0) is 33.0 Å². The van der Waals surface area contributed by atoms with Gasteiger partial charge in [-0.15, -0.1) is 0 Å². The molecule has 0 bridgehead atoms. The zero-order valence-corrected chi connectivity index (χ0v) is 12.4. The average molecular weight is 262 g/mol. The molecule has 2 aliphatic rings. The zero-order chi connectivity index (χ0) is 13.4. The van der Waals surface area contributed by atoms with Crippen LogP contribution in [0.25, 0.3) is 0 Å². The number of fused-ring (bicyclic) bond motifs is 1. The summed E-state index contributed by atoms with van der Waals surface area (Å²) in [6, 6.07) is 0.767. The number of hydrogen-bond acceptors (Lipinski definition) is 3. The molecule has 3 heterocycles. The van der Waals surface area contributed by atoms with Crippen LogP contribution in [-0.2, 0) is 13.0 Å². The van der Waals surface area contributed by atoms with Crippen LogP contribution >= 0.6 is 0 Å². The van der Waals surface area contributed by atoms with Crippen molar-refractivity contribution in [2.45, 2.75) is 51.6 Å². The highest BCUT2D eigenvalue weighted by Crippen LogP contribution is 2.24. The predicted octanol–water partition coefficient (Wildman–Crippen LogP) is 1.99. The number of aromatic nitrogens is 2. The van der Waals surface area contributed by atoms with Gasteiger partial charge in [0, 0.05) is 37.2 Å². The topological polar surface area (TPSA) is 35.2 Å². The van der Waals surface area contributed by atoms with Gasteiger partial charge in [0.15, 0.2) is 0 Å². The van der Waals surface area contributed by atoms with Gasteiger partial charge in [0.05, 0.1) is 5.69 Å². The van der Waals surface area contributed by atoms with Crippen molar-refractivity contribution < 1.29 is 0 Å². The molecule has 0 saturated carbocycles. The van der Waals surface area contributed by atoms with Crippen LogP contribution in [0.1, 0.15) is 49.8 Å². The van der Waals surface area contributed by atoms with Crippen molar-refractivity contribution in [1.82, 2.24) is 19.8 Å². The number of nitrogens with one attached hydrogen (secondary N) is 1. The van der Waals surface area contributed by atoms with Crippen LogP contribution in [0.5, 0.6) is 0 Å². The summed E-state index contributed by atoms with van der Waals surface area (Å²) in [4.78, 5) is 13.4. The van der Waals surface area contributed by atoms with Crippen LogP contribution in [-0.4, -0.2) is 52.5 Å². The van der Waals surface area contributed by atoms with Gasteiger partial charge in [0.1, 0.15) is 5.82 Å². The van der Waals surface area contributed by atoms with Crippen molar-refractivity contribution in [3.05, 3.63) is 17.2 Å². The molecule has 0 spiro atoms. The van der Waals surface area contributed by atoms with Crippen molar-refractivity contribution in [2.24, 2.45) is 0 Å². The third-order valence-corrected chi connectivity index (χ3v) is 4.64. The lowest BCUT2D eigenvalue weighted by Crippen LogP contribution is -2.45. The van der Waals surface area contributed by atoms with Crippen molar-refractivity contribution in [3.63, 3.8) is 0 Å². The van der Waals surface area contributed by atoms with Gasteiger partial charge in [-0.1, -0.05) is 13.8 Å². The standard InChI is InChI=1S/C15H26N4/c1-11(2)15-16-13-6-9-19(10-14(13)17-15)12-4-7-18(3)8-5-12/h11-12H,4-10H2,1-3H3,(H,16,17). The SMILES string of the molecule is CC(C)c1nc2c([nH]1)CCN(C1CCN(C)CC1)C2. The highest BCUT2D eigenvalue weighted by molar-refractivity contribution is 5.19. The lowest BCUT2D eigenvalue weighted by atomic mass is 10.0. The smallest absolute Gasteiger partial charge is 0.109 e. The van der Waals surface area contributed by atoms with E-state index in [0.717, 1.165) is 24.8 Å². The van der Waals surface area contributed by atoms with E-state index in [9.17, 15) is 0 Å². The molecule has 0 aromatic carbocycles. The third kappa shape index (κ3) is 2.70. The first-order valence-corrected chi connectivity index (χ1v) is 7.63. The fourth-order valence-corrected chi connectivity index (χ4v) is 3.28. The molecule has 1 saturated heterocycles. The molecule has 1 aromatic heterocycles. The van der Waals surface area contributed by atoms with E-state index in [2.05, 4.69) is 35.7 Å². The van der Waals surface area contributed by atoms with E-state index >= 15 is 0 Å². The fourth-order valence-electron chi connectivity index (χ4n) is 3.28. The van der Waals surface area contributed by atoms with Crippen LogP contribution in [0, 0.1) is 0 Å². The summed E-state index contributed by atoms with van der Waals surface area (Å²) in [5, 5.41) is 0. The van der Waals surface area contributed by atoms with Crippen LogP contribution in [0.2, 0.25) is 0 Å². The number of imidazole rings is 1. The van der Waals surface area contributed by atoms with Gasteiger partial charge in [0.25, 0.3) is 0 Å². The fraction of sp³-hybridized carbons (Fsp3) is 0.800. The maximum absolute atomic E-state index is 4.80. The Morgan fingerprint density at radius 2 is 1.95 bits per heavy atom. The van der Waals surface area contributed by atoms with E-state index in [-0.39, 0.29) is 0 Å². The van der Waals surface area contributed by atoms with Crippen molar-refractivity contribution in [3.8, 4) is 0 Å². The zero-order valence-electron chi connectivity index (χ0n) is 12.4. The second kappa shape index (κ2) is 5.25. The molecule has 0 atom stereocenters. The first-order chi connectivity index (χ1) is 9.13. The molecule has 106 valence electrons. The summed E-state index contributed by atoms with van der Waals surface area (Å²) in [5.41, 5.74) is 2.68. The number of aromatic amines is 1. The van der Waals surface area contributed by atoms with E-state index in [4.69, 9.17) is 4.98 Å². The average Bonchev–Trinajstić information content (AvgIpc) is 2.82. The summed E-state index contributed by atoms with van der Waals surface area (Å²) in [6.45, 7) is 9.14. The van der Waals surface area contributed by atoms with Gasteiger partial charge in [-0.25, -0.2) is 4.98 Å². The highest BCUT2D eigenvalue weighted by atomic mass is 15.2. The van der Waals surface area contributed by atoms with Crippen LogP contribution in [0.15, 0.2) is 0 Å². The molecule has 3 rings (SSSR count). The lowest BCUT2D eigenvalue weighted by molar-refractivity contribution is 0.108. The second-order valence-corrected chi connectivity index (χ2v) is 6.46. The number of nitrogens with zero attached hydrogens (tertiary/aromatic N) is 3. The molecular formula is C15H26N4. The van der Waals surface area contributed by atoms with Gasteiger partial charge in [-0.3, -0.25) is 4.90 Å². The van der Waals surface area contributed by atoms with Crippen molar-refractivity contribution >= 4 is 0 Å². The van der Waals surface area contributed by atoms with E-state index < -0.39 is 0 Å². The molecule has 4 heteroatoms. The molecule has 19 heavy (non-hydrogen) atoms. The molecule has 2 aliphatic heterocycles. The summed E-state index contributed by atoms with van der Waals surface area (Å²) < 4.78 is 0. The maximum atomic E-state index is 4.80. The van der Waals surface area contributed by atoms with Gasteiger partial charge in [0.2, 0.25) is 0 Å². The minimum atomic E-state index is 0.502. The largest absolute Gasteiger partial charge is 0.345 e. The van der Waals surface area contributed by atoms with Crippen LogP contribution < -0.4 is 0 Å². The number of hydrogen-bond donors (Lipinski definition) is 1. The molecule has 1 aromatic rings. The van der Waals surface area contributed by atoms with E-state index in [1.54, 1.807) is 0 Å². The Kier molecular flexibility index (Phi) is 3.63.